The first-order valence-corrected chi connectivity index (χ1v) is 24.3. The number of Topliss-reactive ketones (excluding diaryl/α,β-unsaturated/α-hetero) is 1. The summed E-state index contributed by atoms with van der Waals surface area (Å²) in [6.07, 6.45) is 49.5. The molecule has 1 rings (SSSR count). The summed E-state index contributed by atoms with van der Waals surface area (Å²) in [6, 6.07) is -0.751. The summed E-state index contributed by atoms with van der Waals surface area (Å²) in [6.45, 7) is 4.56. The Bertz CT molecular complexity index is 932. The lowest BCUT2D eigenvalue weighted by Gasteiger charge is -2.16. The Kier molecular flexibility index (Phi) is 36.1. The summed E-state index contributed by atoms with van der Waals surface area (Å²) < 4.78 is 5.62. The van der Waals surface area contributed by atoms with Crippen molar-refractivity contribution in [1.29, 1.82) is 0 Å². The molecule has 6 heteroatoms. The van der Waals surface area contributed by atoms with Gasteiger partial charge < -0.3 is 10.1 Å². The van der Waals surface area contributed by atoms with Gasteiger partial charge in [0.25, 0.3) is 5.78 Å². The number of esters is 1. The van der Waals surface area contributed by atoms with E-state index in [1.54, 1.807) is 0 Å². The van der Waals surface area contributed by atoms with Crippen LogP contribution in [-0.4, -0.2) is 30.0 Å². The molecule has 55 heavy (non-hydrogen) atoms. The summed E-state index contributed by atoms with van der Waals surface area (Å²) in [4.78, 5) is 49.0. The number of allylic oxidation sites excluding steroid dienone is 2. The maximum Gasteiger partial charge on any atom is 0.334 e. The van der Waals surface area contributed by atoms with E-state index in [1.165, 1.54) is 193 Å². The van der Waals surface area contributed by atoms with Crippen LogP contribution in [0, 0.1) is 0 Å². The first-order valence-electron chi connectivity index (χ1n) is 24.3. The van der Waals surface area contributed by atoms with Crippen LogP contribution in [0.2, 0.25) is 0 Å². The topological polar surface area (TPSA) is 89.5 Å². The van der Waals surface area contributed by atoms with Crippen molar-refractivity contribution in [3.05, 3.63) is 11.3 Å². The second-order valence-corrected chi connectivity index (χ2v) is 17.0. The number of carbonyl (C=O) groups is 4. The minimum absolute atomic E-state index is 0.0832. The summed E-state index contributed by atoms with van der Waals surface area (Å²) >= 11 is 0. The molecule has 1 aliphatic rings. The summed E-state index contributed by atoms with van der Waals surface area (Å²) in [5.41, 5.74) is 0.794. The van der Waals surface area contributed by atoms with Gasteiger partial charge in [-0.1, -0.05) is 232 Å². The van der Waals surface area contributed by atoms with Crippen molar-refractivity contribution < 1.29 is 23.9 Å². The van der Waals surface area contributed by atoms with Gasteiger partial charge >= 0.3 is 5.97 Å². The molecule has 1 N–H and O–H groups in total. The van der Waals surface area contributed by atoms with Gasteiger partial charge in [0.1, 0.15) is 6.04 Å². The largest absolute Gasteiger partial charge is 0.421 e. The molecule has 320 valence electrons. The quantitative estimate of drug-likeness (QED) is 0.0167. The number of ether oxygens (including phenoxy) is 1. The summed E-state index contributed by atoms with van der Waals surface area (Å²) in [7, 11) is 0. The number of nitrogens with one attached hydrogen (secondary N) is 1. The van der Waals surface area contributed by atoms with E-state index in [2.05, 4.69) is 19.2 Å². The molecular formula is C49H89NO5. The Labute approximate surface area is 340 Å². The van der Waals surface area contributed by atoms with Crippen molar-refractivity contribution >= 4 is 23.9 Å². The van der Waals surface area contributed by atoms with E-state index in [9.17, 15) is 19.2 Å². The minimum Gasteiger partial charge on any atom is -0.421 e. The standard InChI is InChI=1S/C49H89NO5/c1-3-5-7-9-11-13-15-17-19-21-23-25-27-29-31-33-35-37-39-44(48(46(52)43-51)55-49(54)45-41-42-47(53)50-45)40-38-36-34-32-30-28-26-24-22-20-18-16-14-12-10-8-6-4-2/h43,45H,3-42H2,1-2H3,(H,50,53)/t45-/m0/s1. The Morgan fingerprint density at radius 2 is 0.800 bits per heavy atom. The minimum atomic E-state index is -0.766. The van der Waals surface area contributed by atoms with E-state index in [0.717, 1.165) is 44.1 Å². The van der Waals surface area contributed by atoms with Crippen molar-refractivity contribution in [3.8, 4) is 0 Å². The molecule has 1 fully saturated rings. The zero-order chi connectivity index (χ0) is 39.9. The highest BCUT2D eigenvalue weighted by atomic mass is 16.5. The van der Waals surface area contributed by atoms with Crippen molar-refractivity contribution in [3.63, 3.8) is 0 Å². The predicted molar refractivity (Wildman–Crippen MR) is 232 cm³/mol. The third-order valence-electron chi connectivity index (χ3n) is 11.8. The maximum atomic E-state index is 12.9. The third-order valence-corrected chi connectivity index (χ3v) is 11.8. The average molecular weight is 772 g/mol. The van der Waals surface area contributed by atoms with Gasteiger partial charge in [-0.25, -0.2) is 4.79 Å². The van der Waals surface area contributed by atoms with E-state index in [0.29, 0.717) is 19.3 Å². The Morgan fingerprint density at radius 3 is 1.05 bits per heavy atom. The Hall–Kier alpha value is -1.98. The molecule has 1 saturated heterocycles. The number of ketones is 1. The molecule has 6 nitrogen and oxygen atoms in total. The fraction of sp³-hybridized carbons (Fsp3) is 0.878. The summed E-state index contributed by atoms with van der Waals surface area (Å²) in [5.74, 6) is -1.67. The number of hydrogen-bond donors (Lipinski definition) is 1. The van der Waals surface area contributed by atoms with Crippen molar-refractivity contribution in [1.82, 2.24) is 5.32 Å². The lowest BCUT2D eigenvalue weighted by molar-refractivity contribution is -0.145. The number of aldehydes is 1. The van der Waals surface area contributed by atoms with Crippen molar-refractivity contribution in [2.75, 3.05) is 0 Å². The molecule has 1 aliphatic heterocycles. The first kappa shape index (κ1) is 51.0. The van der Waals surface area contributed by atoms with Gasteiger partial charge in [-0.05, 0) is 37.7 Å². The number of hydrogen-bond acceptors (Lipinski definition) is 5. The normalized spacial score (nSPS) is 13.9. The van der Waals surface area contributed by atoms with Crippen LogP contribution in [0.25, 0.3) is 0 Å². The van der Waals surface area contributed by atoms with Gasteiger partial charge in [-0.3, -0.25) is 14.4 Å². The molecule has 0 spiro atoms. The fourth-order valence-electron chi connectivity index (χ4n) is 8.14. The van der Waals surface area contributed by atoms with Gasteiger partial charge in [0.15, 0.2) is 12.0 Å². The Morgan fingerprint density at radius 1 is 0.509 bits per heavy atom. The molecule has 0 aromatic rings. The highest BCUT2D eigenvalue weighted by molar-refractivity contribution is 6.32. The van der Waals surface area contributed by atoms with Crippen molar-refractivity contribution in [2.45, 2.75) is 277 Å². The van der Waals surface area contributed by atoms with Gasteiger partial charge in [0, 0.05) is 6.42 Å². The SMILES string of the molecule is CCCCCCCCCCCCCCCCCCCCC(CCCCCCCCCCCCCCCCCCCC)=C(OC(=O)[C@@H]1CCC(=O)N1)C(=O)C=O. The van der Waals surface area contributed by atoms with Gasteiger partial charge in [-0.15, -0.1) is 0 Å². The van der Waals surface area contributed by atoms with Crippen LogP contribution in [0.4, 0.5) is 0 Å². The lowest BCUT2D eigenvalue weighted by atomic mass is 9.97. The summed E-state index contributed by atoms with van der Waals surface area (Å²) in [5, 5.41) is 2.63. The van der Waals surface area contributed by atoms with Crippen LogP contribution in [0.3, 0.4) is 0 Å². The van der Waals surface area contributed by atoms with Crippen LogP contribution in [0.15, 0.2) is 11.3 Å². The number of carbonyl (C=O) groups excluding carboxylic acids is 4. The number of unbranched alkanes of at least 4 members (excludes halogenated alkanes) is 34. The second kappa shape index (κ2) is 38.9. The lowest BCUT2D eigenvalue weighted by Crippen LogP contribution is -2.35. The predicted octanol–water partition coefficient (Wildman–Crippen LogP) is 14.7. The second-order valence-electron chi connectivity index (χ2n) is 17.0. The van der Waals surface area contributed by atoms with E-state index < -0.39 is 17.8 Å². The first-order chi connectivity index (χ1) is 27.0. The third kappa shape index (κ3) is 30.8. The highest BCUT2D eigenvalue weighted by Gasteiger charge is 2.31. The van der Waals surface area contributed by atoms with Crippen LogP contribution in [-0.2, 0) is 23.9 Å². The van der Waals surface area contributed by atoms with Gasteiger partial charge in [-0.2, -0.15) is 0 Å². The fourth-order valence-corrected chi connectivity index (χ4v) is 8.14. The molecule has 1 amide bonds. The molecule has 0 saturated carbocycles. The molecule has 1 heterocycles. The van der Waals surface area contributed by atoms with E-state index in [-0.39, 0.29) is 24.4 Å². The molecule has 0 aromatic carbocycles. The smallest absolute Gasteiger partial charge is 0.334 e. The maximum absolute atomic E-state index is 12.9. The van der Waals surface area contributed by atoms with Crippen LogP contribution in [0.1, 0.15) is 271 Å². The molecule has 0 radical (unpaired) electrons. The van der Waals surface area contributed by atoms with Gasteiger partial charge in [0.2, 0.25) is 5.91 Å². The monoisotopic (exact) mass is 772 g/mol. The van der Waals surface area contributed by atoms with E-state index in [1.807, 2.05) is 0 Å². The van der Waals surface area contributed by atoms with Crippen LogP contribution >= 0.6 is 0 Å². The molecule has 0 aromatic heterocycles. The van der Waals surface area contributed by atoms with E-state index >= 15 is 0 Å². The molecule has 0 unspecified atom stereocenters. The molecule has 0 aliphatic carbocycles. The van der Waals surface area contributed by atoms with Gasteiger partial charge in [0.05, 0.1) is 0 Å². The molecule has 1 atom stereocenters. The Balaban J connectivity index is 2.31. The van der Waals surface area contributed by atoms with E-state index in [4.69, 9.17) is 4.74 Å². The zero-order valence-corrected chi connectivity index (χ0v) is 36.5. The van der Waals surface area contributed by atoms with Crippen LogP contribution < -0.4 is 5.32 Å². The number of rotatable bonds is 42. The highest BCUT2D eigenvalue weighted by Crippen LogP contribution is 2.25. The molecular weight excluding hydrogens is 683 g/mol. The van der Waals surface area contributed by atoms with Crippen LogP contribution in [0.5, 0.6) is 0 Å². The number of amides is 1. The zero-order valence-electron chi connectivity index (χ0n) is 36.5. The average Bonchev–Trinajstić information content (AvgIpc) is 3.64. The van der Waals surface area contributed by atoms with Crippen molar-refractivity contribution in [2.24, 2.45) is 0 Å². The molecule has 0 bridgehead atoms.